The molecule has 0 amide bonds. The molecule has 1 saturated heterocycles. The van der Waals surface area contributed by atoms with Crippen molar-refractivity contribution in [3.63, 3.8) is 0 Å². The third-order valence-corrected chi connectivity index (χ3v) is 8.59. The summed E-state index contributed by atoms with van der Waals surface area (Å²) in [7, 11) is -3.09. The SMILES string of the molecule is CCS(=O)(=O)C1CSCCN1c1nc2c(s1)CCCC2N. The number of thioether (sulfide) groups is 1. The maximum atomic E-state index is 12.3. The van der Waals surface area contributed by atoms with Crippen LogP contribution in [0.2, 0.25) is 0 Å². The minimum Gasteiger partial charge on any atom is -0.329 e. The highest BCUT2D eigenvalue weighted by atomic mass is 32.2. The number of rotatable bonds is 3. The summed E-state index contributed by atoms with van der Waals surface area (Å²) in [5.41, 5.74) is 7.13. The van der Waals surface area contributed by atoms with E-state index in [1.54, 1.807) is 30.0 Å². The maximum absolute atomic E-state index is 12.3. The van der Waals surface area contributed by atoms with Crippen molar-refractivity contribution in [2.45, 2.75) is 37.6 Å². The van der Waals surface area contributed by atoms with Gasteiger partial charge in [-0.15, -0.1) is 11.3 Å². The predicted octanol–water partition coefficient (Wildman–Crippen LogP) is 1.79. The molecule has 2 aliphatic rings. The molecule has 3 rings (SSSR count). The van der Waals surface area contributed by atoms with Gasteiger partial charge in [0, 0.05) is 34.7 Å². The van der Waals surface area contributed by atoms with E-state index in [0.717, 1.165) is 42.4 Å². The highest BCUT2D eigenvalue weighted by Gasteiger charge is 2.35. The van der Waals surface area contributed by atoms with E-state index in [0.29, 0.717) is 5.75 Å². The zero-order valence-corrected chi connectivity index (χ0v) is 14.6. The van der Waals surface area contributed by atoms with Crippen molar-refractivity contribution in [1.29, 1.82) is 0 Å². The van der Waals surface area contributed by atoms with Crippen molar-refractivity contribution >= 4 is 38.1 Å². The second-order valence-electron chi connectivity index (χ2n) is 5.48. The van der Waals surface area contributed by atoms with Crippen LogP contribution in [-0.2, 0) is 16.3 Å². The summed E-state index contributed by atoms with van der Waals surface area (Å²) in [6.45, 7) is 2.46. The molecule has 1 fully saturated rings. The van der Waals surface area contributed by atoms with Gasteiger partial charge in [-0.25, -0.2) is 13.4 Å². The molecule has 118 valence electrons. The number of fused-ring (bicyclic) bond motifs is 1. The lowest BCUT2D eigenvalue weighted by atomic mass is 9.99. The third-order valence-electron chi connectivity index (χ3n) is 4.13. The average Bonchev–Trinajstić information content (AvgIpc) is 2.93. The fourth-order valence-corrected chi connectivity index (χ4v) is 7.14. The Morgan fingerprint density at radius 3 is 3.00 bits per heavy atom. The zero-order chi connectivity index (χ0) is 15.0. The molecule has 2 unspecified atom stereocenters. The van der Waals surface area contributed by atoms with Crippen LogP contribution in [0.4, 0.5) is 5.13 Å². The zero-order valence-electron chi connectivity index (χ0n) is 12.1. The third kappa shape index (κ3) is 2.95. The van der Waals surface area contributed by atoms with Gasteiger partial charge in [-0.1, -0.05) is 6.92 Å². The second-order valence-corrected chi connectivity index (χ2v) is 10.1. The van der Waals surface area contributed by atoms with Crippen molar-refractivity contribution in [2.75, 3.05) is 28.7 Å². The summed E-state index contributed by atoms with van der Waals surface area (Å²) in [5, 5.41) is 0.407. The first-order chi connectivity index (χ1) is 10.0. The quantitative estimate of drug-likeness (QED) is 0.898. The van der Waals surface area contributed by atoms with Gasteiger partial charge in [0.2, 0.25) is 0 Å². The van der Waals surface area contributed by atoms with Crippen LogP contribution in [0.5, 0.6) is 0 Å². The first-order valence-corrected chi connectivity index (χ1v) is 11.0. The van der Waals surface area contributed by atoms with Crippen LogP contribution in [0.15, 0.2) is 0 Å². The Morgan fingerprint density at radius 2 is 2.29 bits per heavy atom. The summed E-state index contributed by atoms with van der Waals surface area (Å²) in [4.78, 5) is 7.94. The molecular formula is C13H21N3O2S3. The first-order valence-electron chi connectivity index (χ1n) is 7.34. The normalized spacial score (nSPS) is 26.7. The van der Waals surface area contributed by atoms with Gasteiger partial charge in [-0.05, 0) is 19.3 Å². The van der Waals surface area contributed by atoms with Gasteiger partial charge in [-0.2, -0.15) is 11.8 Å². The van der Waals surface area contributed by atoms with Crippen LogP contribution in [0.1, 0.15) is 36.4 Å². The van der Waals surface area contributed by atoms with E-state index < -0.39 is 15.2 Å². The Morgan fingerprint density at radius 1 is 1.48 bits per heavy atom. The van der Waals surface area contributed by atoms with Crippen molar-refractivity contribution in [1.82, 2.24) is 4.98 Å². The molecule has 2 atom stereocenters. The van der Waals surface area contributed by atoms with E-state index in [1.807, 2.05) is 4.90 Å². The van der Waals surface area contributed by atoms with Gasteiger partial charge in [0.1, 0.15) is 5.37 Å². The van der Waals surface area contributed by atoms with E-state index >= 15 is 0 Å². The topological polar surface area (TPSA) is 76.3 Å². The van der Waals surface area contributed by atoms with Crippen LogP contribution < -0.4 is 10.6 Å². The van der Waals surface area contributed by atoms with Crippen molar-refractivity contribution in [3.8, 4) is 0 Å². The molecular weight excluding hydrogens is 326 g/mol. The molecule has 0 bridgehead atoms. The largest absolute Gasteiger partial charge is 0.329 e. The van der Waals surface area contributed by atoms with Gasteiger partial charge in [0.05, 0.1) is 5.69 Å². The minimum absolute atomic E-state index is 0.0131. The predicted molar refractivity (Wildman–Crippen MR) is 89.9 cm³/mol. The maximum Gasteiger partial charge on any atom is 0.186 e. The summed E-state index contributed by atoms with van der Waals surface area (Å²) >= 11 is 3.35. The molecule has 1 aliphatic heterocycles. The summed E-state index contributed by atoms with van der Waals surface area (Å²) in [5.74, 6) is 1.76. The number of sulfone groups is 1. The Labute approximate surface area is 134 Å². The molecule has 0 radical (unpaired) electrons. The number of nitrogens with two attached hydrogens (primary N) is 1. The highest BCUT2D eigenvalue weighted by Crippen LogP contribution is 2.38. The number of hydrogen-bond acceptors (Lipinski definition) is 7. The second kappa shape index (κ2) is 6.06. The van der Waals surface area contributed by atoms with Crippen molar-refractivity contribution < 1.29 is 8.42 Å². The van der Waals surface area contributed by atoms with Crippen LogP contribution >= 0.6 is 23.1 Å². The van der Waals surface area contributed by atoms with Crippen LogP contribution in [0, 0.1) is 0 Å². The molecule has 0 aromatic carbocycles. The lowest BCUT2D eigenvalue weighted by molar-refractivity contribution is 0.562. The Hall–Kier alpha value is -0.310. The number of anilines is 1. The molecule has 21 heavy (non-hydrogen) atoms. The van der Waals surface area contributed by atoms with Gasteiger partial charge >= 0.3 is 0 Å². The smallest absolute Gasteiger partial charge is 0.186 e. The number of hydrogen-bond donors (Lipinski definition) is 1. The summed E-state index contributed by atoms with van der Waals surface area (Å²) in [6, 6.07) is 0.0131. The lowest BCUT2D eigenvalue weighted by Gasteiger charge is -2.34. The van der Waals surface area contributed by atoms with Crippen LogP contribution in [-0.4, -0.2) is 42.6 Å². The van der Waals surface area contributed by atoms with Crippen molar-refractivity contribution in [3.05, 3.63) is 10.6 Å². The fourth-order valence-electron chi connectivity index (χ4n) is 2.85. The minimum atomic E-state index is -3.09. The van der Waals surface area contributed by atoms with E-state index in [4.69, 9.17) is 10.7 Å². The van der Waals surface area contributed by atoms with E-state index in [9.17, 15) is 8.42 Å². The molecule has 1 aromatic rings. The number of aryl methyl sites for hydroxylation is 1. The summed E-state index contributed by atoms with van der Waals surface area (Å²) < 4.78 is 24.7. The van der Waals surface area contributed by atoms with E-state index in [-0.39, 0.29) is 11.8 Å². The molecule has 1 aromatic heterocycles. The Bertz CT molecular complexity index is 614. The standard InChI is InChI=1S/C13H21N3O2S3/c1-2-21(17,18)11-8-19-7-6-16(11)13-15-12-9(14)4-3-5-10(12)20-13/h9,11H,2-8,14H2,1H3. The van der Waals surface area contributed by atoms with Crippen LogP contribution in [0.3, 0.4) is 0 Å². The molecule has 0 saturated carbocycles. The number of aromatic nitrogens is 1. The summed E-state index contributed by atoms with van der Waals surface area (Å²) in [6.07, 6.45) is 3.10. The molecule has 8 heteroatoms. The van der Waals surface area contributed by atoms with Gasteiger partial charge in [0.25, 0.3) is 0 Å². The van der Waals surface area contributed by atoms with E-state index in [2.05, 4.69) is 0 Å². The number of thiazole rings is 1. The van der Waals surface area contributed by atoms with Gasteiger partial charge in [-0.3, -0.25) is 0 Å². The van der Waals surface area contributed by atoms with Crippen LogP contribution in [0.25, 0.3) is 0 Å². The van der Waals surface area contributed by atoms with E-state index in [1.165, 1.54) is 4.88 Å². The Kier molecular flexibility index (Phi) is 4.50. The molecule has 2 heterocycles. The first kappa shape index (κ1) is 15.6. The Balaban J connectivity index is 1.94. The van der Waals surface area contributed by atoms with Gasteiger partial charge < -0.3 is 10.6 Å². The average molecular weight is 348 g/mol. The monoisotopic (exact) mass is 347 g/mol. The molecule has 5 nitrogen and oxygen atoms in total. The fraction of sp³-hybridized carbons (Fsp3) is 0.769. The molecule has 0 spiro atoms. The highest BCUT2D eigenvalue weighted by molar-refractivity contribution is 8.01. The lowest BCUT2D eigenvalue weighted by Crippen LogP contribution is -2.48. The number of nitrogens with zero attached hydrogens (tertiary/aromatic N) is 2. The van der Waals surface area contributed by atoms with Gasteiger partial charge in [0.15, 0.2) is 15.0 Å². The molecule has 1 aliphatic carbocycles. The van der Waals surface area contributed by atoms with Crippen molar-refractivity contribution in [2.24, 2.45) is 5.73 Å². The molecule has 2 N–H and O–H groups in total.